The first-order valence-corrected chi connectivity index (χ1v) is 4.94. The number of nitrogens with one attached hydrogen (secondary N) is 1. The Morgan fingerprint density at radius 2 is 2.40 bits per heavy atom. The zero-order chi connectivity index (χ0) is 11.3. The van der Waals surface area contributed by atoms with Gasteiger partial charge in [0.25, 0.3) is 0 Å². The second-order valence-electron chi connectivity index (χ2n) is 3.36. The molecule has 0 saturated carbocycles. The van der Waals surface area contributed by atoms with Gasteiger partial charge in [-0.05, 0) is 12.8 Å². The molecule has 1 aliphatic heterocycles. The molecule has 0 aromatic rings. The molecule has 1 atom stereocenters. The van der Waals surface area contributed by atoms with Crippen molar-refractivity contribution in [1.82, 2.24) is 10.2 Å². The summed E-state index contributed by atoms with van der Waals surface area (Å²) < 4.78 is 4.61. The van der Waals surface area contributed by atoms with Crippen LogP contribution >= 0.6 is 0 Å². The Kier molecular flexibility index (Phi) is 4.15. The van der Waals surface area contributed by atoms with Gasteiger partial charge in [0.1, 0.15) is 6.04 Å². The van der Waals surface area contributed by atoms with E-state index in [2.05, 4.69) is 16.6 Å². The van der Waals surface area contributed by atoms with Crippen molar-refractivity contribution in [2.24, 2.45) is 0 Å². The van der Waals surface area contributed by atoms with Gasteiger partial charge >= 0.3 is 6.09 Å². The summed E-state index contributed by atoms with van der Waals surface area (Å²) in [6.07, 6.45) is 2.69. The van der Waals surface area contributed by atoms with Crippen molar-refractivity contribution >= 4 is 12.0 Å². The van der Waals surface area contributed by atoms with Gasteiger partial charge in [0.05, 0.1) is 7.11 Å². The lowest BCUT2D eigenvalue weighted by molar-refractivity contribution is -0.124. The maximum absolute atomic E-state index is 11.6. The molecule has 0 bridgehead atoms. The molecule has 1 unspecified atom stereocenters. The zero-order valence-corrected chi connectivity index (χ0v) is 8.86. The van der Waals surface area contributed by atoms with Crippen LogP contribution < -0.4 is 5.32 Å². The fourth-order valence-corrected chi connectivity index (χ4v) is 1.67. The molecule has 0 radical (unpaired) electrons. The van der Waals surface area contributed by atoms with Crippen LogP contribution in [0.1, 0.15) is 12.8 Å². The second kappa shape index (κ2) is 5.38. The third-order valence-electron chi connectivity index (χ3n) is 2.39. The SMILES string of the molecule is C=CCNC(=O)C1CCCN1C(=O)OC. The Morgan fingerprint density at radius 1 is 1.67 bits per heavy atom. The van der Waals surface area contributed by atoms with Crippen LogP contribution in [0.25, 0.3) is 0 Å². The van der Waals surface area contributed by atoms with Crippen molar-refractivity contribution in [2.75, 3.05) is 20.2 Å². The Hall–Kier alpha value is -1.52. The third kappa shape index (κ3) is 2.71. The highest BCUT2D eigenvalue weighted by molar-refractivity contribution is 5.86. The van der Waals surface area contributed by atoms with Gasteiger partial charge < -0.3 is 10.1 Å². The van der Waals surface area contributed by atoms with Gasteiger partial charge in [-0.15, -0.1) is 6.58 Å². The van der Waals surface area contributed by atoms with E-state index in [1.807, 2.05) is 0 Å². The van der Waals surface area contributed by atoms with E-state index in [1.54, 1.807) is 6.08 Å². The zero-order valence-electron chi connectivity index (χ0n) is 8.86. The third-order valence-corrected chi connectivity index (χ3v) is 2.39. The molecule has 1 aliphatic rings. The van der Waals surface area contributed by atoms with E-state index in [-0.39, 0.29) is 5.91 Å². The van der Waals surface area contributed by atoms with Crippen LogP contribution in [0.5, 0.6) is 0 Å². The van der Waals surface area contributed by atoms with Gasteiger partial charge in [-0.25, -0.2) is 4.79 Å². The summed E-state index contributed by atoms with van der Waals surface area (Å²) in [5.74, 6) is -0.141. The van der Waals surface area contributed by atoms with E-state index in [9.17, 15) is 9.59 Å². The Labute approximate surface area is 89.1 Å². The average Bonchev–Trinajstić information content (AvgIpc) is 2.73. The van der Waals surface area contributed by atoms with Crippen molar-refractivity contribution in [3.8, 4) is 0 Å². The number of carbonyl (C=O) groups excluding carboxylic acids is 2. The topological polar surface area (TPSA) is 58.6 Å². The highest BCUT2D eigenvalue weighted by Crippen LogP contribution is 2.17. The molecule has 5 nitrogen and oxygen atoms in total. The normalized spacial score (nSPS) is 19.8. The monoisotopic (exact) mass is 212 g/mol. The Morgan fingerprint density at radius 3 is 3.00 bits per heavy atom. The molecule has 1 fully saturated rings. The van der Waals surface area contributed by atoms with Gasteiger partial charge in [-0.3, -0.25) is 9.69 Å². The number of carbonyl (C=O) groups is 2. The van der Waals surface area contributed by atoms with E-state index in [4.69, 9.17) is 0 Å². The smallest absolute Gasteiger partial charge is 0.410 e. The van der Waals surface area contributed by atoms with Gasteiger partial charge in [0, 0.05) is 13.1 Å². The van der Waals surface area contributed by atoms with Crippen LogP contribution in [0.4, 0.5) is 4.79 Å². The summed E-state index contributed by atoms with van der Waals surface area (Å²) in [6.45, 7) is 4.51. The molecular formula is C10H16N2O3. The number of methoxy groups -OCH3 is 1. The van der Waals surface area contributed by atoms with Crippen LogP contribution in [-0.4, -0.2) is 43.1 Å². The van der Waals surface area contributed by atoms with Crippen molar-refractivity contribution in [2.45, 2.75) is 18.9 Å². The number of hydrogen-bond acceptors (Lipinski definition) is 3. The van der Waals surface area contributed by atoms with Gasteiger partial charge in [-0.1, -0.05) is 6.08 Å². The number of amides is 2. The van der Waals surface area contributed by atoms with Crippen LogP contribution in [0.3, 0.4) is 0 Å². The largest absolute Gasteiger partial charge is 0.453 e. The minimum atomic E-state index is -0.439. The summed E-state index contributed by atoms with van der Waals surface area (Å²) in [4.78, 5) is 24.4. The van der Waals surface area contributed by atoms with Crippen LogP contribution in [0, 0.1) is 0 Å². The van der Waals surface area contributed by atoms with Crippen molar-refractivity contribution < 1.29 is 14.3 Å². The molecule has 84 valence electrons. The fraction of sp³-hybridized carbons (Fsp3) is 0.600. The van der Waals surface area contributed by atoms with Crippen molar-refractivity contribution in [3.63, 3.8) is 0 Å². The number of nitrogens with zero attached hydrogens (tertiary/aromatic N) is 1. The number of hydrogen-bond donors (Lipinski definition) is 1. The highest BCUT2D eigenvalue weighted by Gasteiger charge is 2.34. The molecule has 15 heavy (non-hydrogen) atoms. The maximum atomic E-state index is 11.6. The predicted octanol–water partition coefficient (Wildman–Crippen LogP) is 0.519. The van der Waals surface area contributed by atoms with E-state index >= 15 is 0 Å². The van der Waals surface area contributed by atoms with E-state index in [0.717, 1.165) is 6.42 Å². The maximum Gasteiger partial charge on any atom is 0.410 e. The first-order valence-electron chi connectivity index (χ1n) is 4.94. The quantitative estimate of drug-likeness (QED) is 0.694. The van der Waals surface area contributed by atoms with Gasteiger partial charge in [-0.2, -0.15) is 0 Å². The number of likely N-dealkylation sites (tertiary alicyclic amines) is 1. The van der Waals surface area contributed by atoms with Crippen molar-refractivity contribution in [1.29, 1.82) is 0 Å². The molecule has 1 N–H and O–H groups in total. The molecule has 1 rings (SSSR count). The number of ether oxygens (including phenoxy) is 1. The van der Waals surface area contributed by atoms with Gasteiger partial charge in [0.15, 0.2) is 0 Å². The Balaban J connectivity index is 2.55. The molecule has 0 spiro atoms. The Bertz CT molecular complexity index is 265. The lowest BCUT2D eigenvalue weighted by atomic mass is 10.2. The minimum absolute atomic E-state index is 0.141. The first kappa shape index (κ1) is 11.6. The second-order valence-corrected chi connectivity index (χ2v) is 3.36. The molecule has 0 aromatic heterocycles. The summed E-state index contributed by atoms with van der Waals surface area (Å²) in [7, 11) is 1.32. The fourth-order valence-electron chi connectivity index (χ4n) is 1.67. The first-order chi connectivity index (χ1) is 7.20. The molecule has 1 saturated heterocycles. The molecule has 2 amide bonds. The van der Waals surface area contributed by atoms with E-state index in [0.29, 0.717) is 19.5 Å². The van der Waals surface area contributed by atoms with E-state index in [1.165, 1.54) is 12.0 Å². The molecular weight excluding hydrogens is 196 g/mol. The van der Waals surface area contributed by atoms with Crippen LogP contribution in [0.15, 0.2) is 12.7 Å². The summed E-state index contributed by atoms with van der Waals surface area (Å²) in [5, 5.41) is 2.68. The average molecular weight is 212 g/mol. The van der Waals surface area contributed by atoms with Crippen LogP contribution in [-0.2, 0) is 9.53 Å². The lowest BCUT2D eigenvalue weighted by Gasteiger charge is -2.21. The number of rotatable bonds is 3. The van der Waals surface area contributed by atoms with Crippen LogP contribution in [0.2, 0.25) is 0 Å². The predicted molar refractivity (Wildman–Crippen MR) is 55.3 cm³/mol. The molecule has 5 heteroatoms. The summed E-state index contributed by atoms with van der Waals surface area (Å²) in [6, 6.07) is -0.391. The molecule has 0 aliphatic carbocycles. The minimum Gasteiger partial charge on any atom is -0.453 e. The lowest BCUT2D eigenvalue weighted by Crippen LogP contribution is -2.45. The summed E-state index contributed by atoms with van der Waals surface area (Å²) in [5.41, 5.74) is 0. The standard InChI is InChI=1S/C10H16N2O3/c1-3-6-11-9(13)8-5-4-7-12(8)10(14)15-2/h3,8H,1,4-7H2,2H3,(H,11,13). The highest BCUT2D eigenvalue weighted by atomic mass is 16.5. The van der Waals surface area contributed by atoms with E-state index < -0.39 is 12.1 Å². The summed E-state index contributed by atoms with van der Waals surface area (Å²) >= 11 is 0. The van der Waals surface area contributed by atoms with Gasteiger partial charge in [0.2, 0.25) is 5.91 Å². The van der Waals surface area contributed by atoms with Crippen molar-refractivity contribution in [3.05, 3.63) is 12.7 Å². The molecule has 0 aromatic carbocycles. The molecule has 1 heterocycles.